The van der Waals surface area contributed by atoms with Crippen molar-refractivity contribution in [2.75, 3.05) is 6.54 Å². The molecule has 0 unspecified atom stereocenters. The number of rotatable bonds is 4. The number of aromatic nitrogens is 1. The van der Waals surface area contributed by atoms with Crippen molar-refractivity contribution in [3.8, 4) is 0 Å². The molecule has 5 nitrogen and oxygen atoms in total. The van der Waals surface area contributed by atoms with E-state index in [2.05, 4.69) is 10.3 Å². The van der Waals surface area contributed by atoms with Crippen molar-refractivity contribution in [2.24, 2.45) is 0 Å². The zero-order valence-corrected chi connectivity index (χ0v) is 10.6. The van der Waals surface area contributed by atoms with Crippen molar-refractivity contribution >= 4 is 34.4 Å². The molecule has 1 heterocycles. The fourth-order valence-electron chi connectivity index (χ4n) is 1.60. The number of carbonyl (C=O) groups is 2. The molecular weight excluding hydrogens is 268 g/mol. The number of hydrogen-bond donors (Lipinski definition) is 2. The van der Waals surface area contributed by atoms with Crippen molar-refractivity contribution in [2.45, 2.75) is 6.42 Å². The Morgan fingerprint density at radius 1 is 1.32 bits per heavy atom. The van der Waals surface area contributed by atoms with Crippen LogP contribution in [0.3, 0.4) is 0 Å². The average Bonchev–Trinajstić information content (AvgIpc) is 2.37. The van der Waals surface area contributed by atoms with Crippen LogP contribution in [0.2, 0.25) is 5.02 Å². The Labute approximate surface area is 114 Å². The Morgan fingerprint density at radius 3 is 2.84 bits per heavy atom. The number of carbonyl (C=O) groups excluding carboxylic acids is 1. The lowest BCUT2D eigenvalue weighted by atomic mass is 10.1. The molecule has 6 heteroatoms. The van der Waals surface area contributed by atoms with Gasteiger partial charge >= 0.3 is 5.97 Å². The summed E-state index contributed by atoms with van der Waals surface area (Å²) in [5.74, 6) is -1.29. The van der Waals surface area contributed by atoms with Gasteiger partial charge < -0.3 is 10.4 Å². The van der Waals surface area contributed by atoms with Crippen LogP contribution in [0.15, 0.2) is 30.5 Å². The van der Waals surface area contributed by atoms with Crippen LogP contribution < -0.4 is 5.32 Å². The van der Waals surface area contributed by atoms with E-state index in [1.54, 1.807) is 24.3 Å². The third-order valence-electron chi connectivity index (χ3n) is 2.53. The van der Waals surface area contributed by atoms with Crippen LogP contribution in [0.5, 0.6) is 0 Å². The van der Waals surface area contributed by atoms with E-state index in [4.69, 9.17) is 16.7 Å². The fraction of sp³-hybridized carbons (Fsp3) is 0.154. The van der Waals surface area contributed by atoms with Gasteiger partial charge in [-0.05, 0) is 18.2 Å². The molecule has 98 valence electrons. The Morgan fingerprint density at radius 2 is 2.11 bits per heavy atom. The molecule has 2 aromatic rings. The molecule has 2 rings (SSSR count). The summed E-state index contributed by atoms with van der Waals surface area (Å²) in [7, 11) is 0. The summed E-state index contributed by atoms with van der Waals surface area (Å²) in [5.41, 5.74) is 1.09. The molecule has 0 radical (unpaired) electrons. The van der Waals surface area contributed by atoms with E-state index in [-0.39, 0.29) is 18.9 Å². The lowest BCUT2D eigenvalue weighted by Gasteiger charge is -2.04. The van der Waals surface area contributed by atoms with Crippen LogP contribution in [0.1, 0.15) is 16.8 Å². The molecule has 0 saturated carbocycles. The van der Waals surface area contributed by atoms with E-state index in [1.165, 1.54) is 6.20 Å². The number of nitrogens with zero attached hydrogens (tertiary/aromatic N) is 1. The lowest BCUT2D eigenvalue weighted by Crippen LogP contribution is -2.26. The Balaban J connectivity index is 2.14. The van der Waals surface area contributed by atoms with Crippen molar-refractivity contribution in [1.82, 2.24) is 10.3 Å². The van der Waals surface area contributed by atoms with Crippen LogP contribution in [-0.2, 0) is 4.79 Å². The summed E-state index contributed by atoms with van der Waals surface area (Å²) >= 11 is 5.84. The summed E-state index contributed by atoms with van der Waals surface area (Å²) in [6, 6.07) is 6.90. The number of hydrogen-bond acceptors (Lipinski definition) is 3. The van der Waals surface area contributed by atoms with Crippen LogP contribution in [0.4, 0.5) is 0 Å². The van der Waals surface area contributed by atoms with E-state index in [0.29, 0.717) is 16.1 Å². The molecule has 0 fully saturated rings. The molecular formula is C13H11ClN2O3. The minimum atomic E-state index is -0.952. The van der Waals surface area contributed by atoms with Gasteiger partial charge in [0.2, 0.25) is 0 Å². The molecule has 0 atom stereocenters. The smallest absolute Gasteiger partial charge is 0.305 e. The molecule has 0 aliphatic carbocycles. The van der Waals surface area contributed by atoms with Gasteiger partial charge in [0.25, 0.3) is 5.91 Å². The van der Waals surface area contributed by atoms with Gasteiger partial charge in [-0.2, -0.15) is 0 Å². The minimum Gasteiger partial charge on any atom is -0.481 e. The van der Waals surface area contributed by atoms with Crippen LogP contribution in [-0.4, -0.2) is 28.5 Å². The highest BCUT2D eigenvalue weighted by Crippen LogP contribution is 2.18. The first kappa shape index (κ1) is 13.3. The number of nitrogens with one attached hydrogen (secondary N) is 1. The molecule has 2 N–H and O–H groups in total. The number of fused-ring (bicyclic) bond motifs is 1. The molecule has 19 heavy (non-hydrogen) atoms. The third kappa shape index (κ3) is 3.42. The molecule has 0 saturated heterocycles. The zero-order chi connectivity index (χ0) is 13.8. The van der Waals surface area contributed by atoms with Gasteiger partial charge in [-0.25, -0.2) is 0 Å². The maximum atomic E-state index is 11.8. The van der Waals surface area contributed by atoms with Gasteiger partial charge in [0.1, 0.15) is 0 Å². The Kier molecular flexibility index (Phi) is 3.97. The Bertz CT molecular complexity index is 643. The molecule has 0 spiro atoms. The maximum absolute atomic E-state index is 11.8. The molecule has 0 aliphatic heterocycles. The Hall–Kier alpha value is -2.14. The second-order valence-electron chi connectivity index (χ2n) is 3.96. The van der Waals surface area contributed by atoms with Gasteiger partial charge in [0, 0.05) is 23.2 Å². The summed E-state index contributed by atoms with van der Waals surface area (Å²) in [5, 5.41) is 12.4. The monoisotopic (exact) mass is 278 g/mol. The van der Waals surface area contributed by atoms with Crippen molar-refractivity contribution < 1.29 is 14.7 Å². The SMILES string of the molecule is O=C(O)CCNC(=O)c1cnc2cc(Cl)ccc2c1. The summed E-state index contributed by atoms with van der Waals surface area (Å²) in [4.78, 5) is 26.3. The van der Waals surface area contributed by atoms with E-state index in [0.717, 1.165) is 5.39 Å². The van der Waals surface area contributed by atoms with Gasteiger partial charge in [-0.3, -0.25) is 14.6 Å². The van der Waals surface area contributed by atoms with Crippen LogP contribution in [0.25, 0.3) is 10.9 Å². The highest BCUT2D eigenvalue weighted by Gasteiger charge is 2.07. The van der Waals surface area contributed by atoms with Crippen LogP contribution >= 0.6 is 11.6 Å². The molecule has 1 aromatic heterocycles. The topological polar surface area (TPSA) is 79.3 Å². The first-order valence-corrected chi connectivity index (χ1v) is 5.99. The maximum Gasteiger partial charge on any atom is 0.305 e. The lowest BCUT2D eigenvalue weighted by molar-refractivity contribution is -0.136. The average molecular weight is 279 g/mol. The molecule has 1 amide bonds. The van der Waals surface area contributed by atoms with Gasteiger partial charge in [-0.15, -0.1) is 0 Å². The number of benzene rings is 1. The second kappa shape index (κ2) is 5.67. The number of amides is 1. The number of pyridine rings is 1. The zero-order valence-electron chi connectivity index (χ0n) is 9.89. The molecule has 1 aromatic carbocycles. The van der Waals surface area contributed by atoms with Crippen LogP contribution in [0, 0.1) is 0 Å². The first-order chi connectivity index (χ1) is 9.06. The highest BCUT2D eigenvalue weighted by atomic mass is 35.5. The summed E-state index contributed by atoms with van der Waals surface area (Å²) < 4.78 is 0. The predicted octanol–water partition coefficient (Wildman–Crippen LogP) is 2.09. The third-order valence-corrected chi connectivity index (χ3v) is 2.77. The minimum absolute atomic E-state index is 0.0901. The van der Waals surface area contributed by atoms with Gasteiger partial charge in [0.05, 0.1) is 17.5 Å². The van der Waals surface area contributed by atoms with Gasteiger partial charge in [0.15, 0.2) is 0 Å². The molecule has 0 bridgehead atoms. The second-order valence-corrected chi connectivity index (χ2v) is 4.40. The largest absolute Gasteiger partial charge is 0.481 e. The number of carboxylic acid groups (broad SMARTS) is 1. The fourth-order valence-corrected chi connectivity index (χ4v) is 1.77. The van der Waals surface area contributed by atoms with Crippen molar-refractivity contribution in [3.05, 3.63) is 41.0 Å². The van der Waals surface area contributed by atoms with Crippen molar-refractivity contribution in [1.29, 1.82) is 0 Å². The summed E-state index contributed by atoms with van der Waals surface area (Å²) in [6.45, 7) is 0.0901. The number of carboxylic acids is 1. The summed E-state index contributed by atoms with van der Waals surface area (Å²) in [6.07, 6.45) is 1.33. The van der Waals surface area contributed by atoms with Gasteiger partial charge in [-0.1, -0.05) is 17.7 Å². The van der Waals surface area contributed by atoms with E-state index in [1.807, 2.05) is 0 Å². The van der Waals surface area contributed by atoms with E-state index >= 15 is 0 Å². The van der Waals surface area contributed by atoms with E-state index < -0.39 is 5.97 Å². The standard InChI is InChI=1S/C13H11ClN2O3/c14-10-2-1-8-5-9(7-16-11(8)6-10)13(19)15-4-3-12(17)18/h1-2,5-7H,3-4H2,(H,15,19)(H,17,18). The first-order valence-electron chi connectivity index (χ1n) is 5.61. The predicted molar refractivity (Wildman–Crippen MR) is 71.3 cm³/mol. The number of aliphatic carboxylic acids is 1. The van der Waals surface area contributed by atoms with E-state index in [9.17, 15) is 9.59 Å². The molecule has 0 aliphatic rings. The normalized spacial score (nSPS) is 10.4. The number of halogens is 1. The van der Waals surface area contributed by atoms with Crippen molar-refractivity contribution in [3.63, 3.8) is 0 Å². The highest BCUT2D eigenvalue weighted by molar-refractivity contribution is 6.31. The quantitative estimate of drug-likeness (QED) is 0.897.